The van der Waals surface area contributed by atoms with Crippen LogP contribution in [0.4, 0.5) is 0 Å². The summed E-state index contributed by atoms with van der Waals surface area (Å²) in [5.74, 6) is 0. The van der Waals surface area contributed by atoms with Crippen LogP contribution in [0, 0.1) is 0 Å². The second kappa shape index (κ2) is 7.73. The van der Waals surface area contributed by atoms with E-state index in [1.165, 1.54) is 5.56 Å². The molecule has 0 saturated carbocycles. The van der Waals surface area contributed by atoms with E-state index in [1.807, 2.05) is 44.2 Å². The van der Waals surface area contributed by atoms with Gasteiger partial charge in [0, 0.05) is 0 Å². The Balaban J connectivity index is 2.31. The third-order valence-corrected chi connectivity index (χ3v) is 4.36. The highest BCUT2D eigenvalue weighted by molar-refractivity contribution is 7.52. The van der Waals surface area contributed by atoms with E-state index in [4.69, 9.17) is 4.52 Å². The van der Waals surface area contributed by atoms with Crippen LogP contribution in [-0.4, -0.2) is 17.2 Å². The molecule has 0 spiro atoms. The van der Waals surface area contributed by atoms with Crippen LogP contribution in [0.2, 0.25) is 0 Å². The van der Waals surface area contributed by atoms with Gasteiger partial charge < -0.3 is 9.42 Å². The first-order valence-corrected chi connectivity index (χ1v) is 8.34. The topological polar surface area (TPSA) is 46.5 Å². The van der Waals surface area contributed by atoms with Gasteiger partial charge in [-0.05, 0) is 31.7 Å². The van der Waals surface area contributed by atoms with Crippen LogP contribution in [0.5, 0.6) is 0 Å². The van der Waals surface area contributed by atoms with Gasteiger partial charge in [0.2, 0.25) is 0 Å². The van der Waals surface area contributed by atoms with Crippen LogP contribution in [0.3, 0.4) is 0 Å². The van der Waals surface area contributed by atoms with Gasteiger partial charge in [0.15, 0.2) is 0 Å². The summed E-state index contributed by atoms with van der Waals surface area (Å²) in [5.41, 5.74) is 1.19. The predicted octanol–water partition coefficient (Wildman–Crippen LogP) is 4.01. The molecule has 1 aromatic carbocycles. The summed E-state index contributed by atoms with van der Waals surface area (Å²) in [4.78, 5) is 9.72. The van der Waals surface area contributed by atoms with Crippen molar-refractivity contribution in [3.8, 4) is 0 Å². The molecule has 102 valence electrons. The molecular weight excluding hydrogens is 247 g/mol. The van der Waals surface area contributed by atoms with E-state index in [0.717, 1.165) is 19.3 Å². The first-order chi connectivity index (χ1) is 8.53. The zero-order valence-corrected chi connectivity index (χ0v) is 12.1. The Morgan fingerprint density at radius 2 is 2.00 bits per heavy atom. The Bertz CT molecular complexity index is 378. The van der Waals surface area contributed by atoms with Crippen LogP contribution in [0.15, 0.2) is 30.3 Å². The molecule has 0 bridgehead atoms. The van der Waals surface area contributed by atoms with Gasteiger partial charge in [0.1, 0.15) is 0 Å². The molecule has 1 aromatic rings. The molecule has 0 heterocycles. The van der Waals surface area contributed by atoms with Gasteiger partial charge in [0.25, 0.3) is 0 Å². The van der Waals surface area contributed by atoms with E-state index in [-0.39, 0.29) is 12.3 Å². The summed E-state index contributed by atoms with van der Waals surface area (Å²) in [6, 6.07) is 9.99. The van der Waals surface area contributed by atoms with Gasteiger partial charge in [-0.15, -0.1) is 0 Å². The van der Waals surface area contributed by atoms with Crippen molar-refractivity contribution in [1.29, 1.82) is 0 Å². The highest BCUT2D eigenvalue weighted by Gasteiger charge is 2.21. The maximum absolute atomic E-state index is 11.8. The van der Waals surface area contributed by atoms with Crippen molar-refractivity contribution in [2.75, 3.05) is 6.16 Å². The summed E-state index contributed by atoms with van der Waals surface area (Å²) >= 11 is 0. The maximum atomic E-state index is 11.8. The van der Waals surface area contributed by atoms with Gasteiger partial charge in [0.05, 0.1) is 12.3 Å². The monoisotopic (exact) mass is 270 g/mol. The highest BCUT2D eigenvalue weighted by Crippen LogP contribution is 2.44. The van der Waals surface area contributed by atoms with Crippen molar-refractivity contribution in [3.05, 3.63) is 35.9 Å². The average molecular weight is 270 g/mol. The summed E-state index contributed by atoms with van der Waals surface area (Å²) in [5, 5.41) is 0. The number of hydrogen-bond acceptors (Lipinski definition) is 2. The molecule has 0 aliphatic heterocycles. The molecule has 1 rings (SSSR count). The summed E-state index contributed by atoms with van der Waals surface area (Å²) in [7, 11) is -3.42. The number of benzene rings is 1. The molecule has 0 radical (unpaired) electrons. The van der Waals surface area contributed by atoms with Gasteiger partial charge >= 0.3 is 7.60 Å². The molecular formula is C14H23O3P. The largest absolute Gasteiger partial charge is 0.328 e. The fraction of sp³-hybridized carbons (Fsp3) is 0.571. The third kappa shape index (κ3) is 6.34. The maximum Gasteiger partial charge on any atom is 0.328 e. The first-order valence-electron chi connectivity index (χ1n) is 6.57. The zero-order valence-electron chi connectivity index (χ0n) is 11.2. The van der Waals surface area contributed by atoms with Crippen molar-refractivity contribution in [3.63, 3.8) is 0 Å². The SMILES string of the molecule is CCCC(C)OP(=O)(O)CCCc1ccccc1. The highest BCUT2D eigenvalue weighted by atomic mass is 31.2. The number of rotatable bonds is 8. The van der Waals surface area contributed by atoms with Crippen LogP contribution in [-0.2, 0) is 15.5 Å². The molecule has 0 amide bonds. The van der Waals surface area contributed by atoms with E-state index in [1.54, 1.807) is 0 Å². The Morgan fingerprint density at radius 3 is 2.61 bits per heavy atom. The fourth-order valence-corrected chi connectivity index (χ4v) is 3.25. The quantitative estimate of drug-likeness (QED) is 0.726. The minimum atomic E-state index is -3.42. The molecule has 18 heavy (non-hydrogen) atoms. The molecule has 2 unspecified atom stereocenters. The lowest BCUT2D eigenvalue weighted by molar-refractivity contribution is 0.179. The third-order valence-electron chi connectivity index (χ3n) is 2.79. The second-order valence-corrected chi connectivity index (χ2v) is 6.59. The molecule has 0 fully saturated rings. The van der Waals surface area contributed by atoms with Crippen LogP contribution < -0.4 is 0 Å². The van der Waals surface area contributed by atoms with Crippen molar-refractivity contribution in [2.45, 2.75) is 45.6 Å². The lowest BCUT2D eigenvalue weighted by Gasteiger charge is -2.17. The van der Waals surface area contributed by atoms with Gasteiger partial charge in [-0.25, -0.2) is 0 Å². The number of aryl methyl sites for hydroxylation is 1. The molecule has 2 atom stereocenters. The summed E-state index contributed by atoms with van der Waals surface area (Å²) in [6.07, 6.45) is 3.38. The number of hydrogen-bond donors (Lipinski definition) is 1. The van der Waals surface area contributed by atoms with Crippen LogP contribution >= 0.6 is 7.60 Å². The van der Waals surface area contributed by atoms with Crippen LogP contribution in [0.25, 0.3) is 0 Å². The average Bonchev–Trinajstić information content (AvgIpc) is 2.29. The van der Waals surface area contributed by atoms with E-state index < -0.39 is 7.60 Å². The van der Waals surface area contributed by atoms with Gasteiger partial charge in [-0.1, -0.05) is 43.7 Å². The molecule has 3 nitrogen and oxygen atoms in total. The summed E-state index contributed by atoms with van der Waals surface area (Å²) < 4.78 is 17.0. The zero-order chi connectivity index (χ0) is 13.4. The molecule has 0 aromatic heterocycles. The lowest BCUT2D eigenvalue weighted by atomic mass is 10.1. The van der Waals surface area contributed by atoms with E-state index in [0.29, 0.717) is 6.42 Å². The van der Waals surface area contributed by atoms with Gasteiger partial charge in [-0.3, -0.25) is 4.57 Å². The molecule has 4 heteroatoms. The Labute approximate surface area is 110 Å². The Hall–Kier alpha value is -0.630. The standard InChI is InChI=1S/C14H23O3P/c1-3-8-13(2)17-18(15,16)12-7-11-14-9-5-4-6-10-14/h4-6,9-10,13H,3,7-8,11-12H2,1-2H3,(H,15,16). The molecule has 0 aliphatic carbocycles. The van der Waals surface area contributed by atoms with Crippen molar-refractivity contribution < 1.29 is 14.0 Å². The van der Waals surface area contributed by atoms with Crippen LogP contribution in [0.1, 0.15) is 38.7 Å². The summed E-state index contributed by atoms with van der Waals surface area (Å²) in [6.45, 7) is 3.89. The molecule has 1 N–H and O–H groups in total. The first kappa shape index (κ1) is 15.4. The lowest BCUT2D eigenvalue weighted by Crippen LogP contribution is -2.07. The molecule has 0 saturated heterocycles. The predicted molar refractivity (Wildman–Crippen MR) is 74.9 cm³/mol. The normalized spacial score (nSPS) is 16.2. The second-order valence-electron chi connectivity index (χ2n) is 4.65. The molecule has 0 aliphatic rings. The van der Waals surface area contributed by atoms with E-state index in [2.05, 4.69) is 0 Å². The Kier molecular flexibility index (Phi) is 6.62. The minimum absolute atomic E-state index is 0.137. The van der Waals surface area contributed by atoms with Gasteiger partial charge in [-0.2, -0.15) is 0 Å². The minimum Gasteiger partial charge on any atom is -0.324 e. The fourth-order valence-electron chi connectivity index (χ4n) is 1.92. The van der Waals surface area contributed by atoms with Crippen molar-refractivity contribution in [1.82, 2.24) is 0 Å². The van der Waals surface area contributed by atoms with Crippen molar-refractivity contribution in [2.24, 2.45) is 0 Å². The van der Waals surface area contributed by atoms with Crippen molar-refractivity contribution >= 4 is 7.60 Å². The Morgan fingerprint density at radius 1 is 1.33 bits per heavy atom. The smallest absolute Gasteiger partial charge is 0.324 e. The van der Waals surface area contributed by atoms with E-state index >= 15 is 0 Å². The van der Waals surface area contributed by atoms with E-state index in [9.17, 15) is 9.46 Å².